The molecule has 10 nitrogen and oxygen atoms in total. The minimum Gasteiger partial charge on any atom is -0.446 e. The zero-order chi connectivity index (χ0) is 22.1. The van der Waals surface area contributed by atoms with E-state index < -0.39 is 11.5 Å². The van der Waals surface area contributed by atoms with E-state index in [1.165, 1.54) is 0 Å². The third-order valence-electron chi connectivity index (χ3n) is 5.17. The molecule has 1 aliphatic rings. The van der Waals surface area contributed by atoms with E-state index in [9.17, 15) is 14.4 Å². The molecule has 0 bridgehead atoms. The minimum absolute atomic E-state index is 0.179. The number of piperazine rings is 1. The second-order valence-corrected chi connectivity index (χ2v) is 7.68. The monoisotopic (exact) mass is 489 g/mol. The van der Waals surface area contributed by atoms with Crippen LogP contribution in [0.3, 0.4) is 0 Å². The Morgan fingerprint density at radius 3 is 2.45 bits per heavy atom. The van der Waals surface area contributed by atoms with Crippen LogP contribution in [-0.2, 0) is 4.74 Å². The molecule has 1 fully saturated rings. The first-order valence-electron chi connectivity index (χ1n) is 9.52. The van der Waals surface area contributed by atoms with E-state index in [0.29, 0.717) is 47.4 Å². The maximum absolute atomic E-state index is 12.9. The number of furan rings is 1. The summed E-state index contributed by atoms with van der Waals surface area (Å²) in [5.74, 6) is 5.13. The van der Waals surface area contributed by atoms with Gasteiger partial charge in [-0.3, -0.25) is 15.3 Å². The van der Waals surface area contributed by atoms with Crippen molar-refractivity contribution < 1.29 is 18.7 Å². The van der Waals surface area contributed by atoms with Crippen molar-refractivity contribution in [3.05, 3.63) is 62.7 Å². The van der Waals surface area contributed by atoms with E-state index in [1.807, 2.05) is 4.90 Å². The predicted molar refractivity (Wildman–Crippen MR) is 117 cm³/mol. The Kier molecular flexibility index (Phi) is 5.70. The van der Waals surface area contributed by atoms with E-state index in [4.69, 9.17) is 20.7 Å². The van der Waals surface area contributed by atoms with Gasteiger partial charge in [-0.15, -0.1) is 0 Å². The fourth-order valence-corrected chi connectivity index (χ4v) is 4.03. The Labute approximate surface area is 185 Å². The average molecular weight is 490 g/mol. The zero-order valence-electron chi connectivity index (χ0n) is 16.4. The fourth-order valence-electron chi connectivity index (χ4n) is 3.73. The number of nitrogens with two attached hydrogens (primary N) is 2. The molecule has 31 heavy (non-hydrogen) atoms. The number of aromatic nitrogens is 1. The lowest BCUT2D eigenvalue weighted by molar-refractivity contribution is 0.0512. The summed E-state index contributed by atoms with van der Waals surface area (Å²) in [6.45, 7) is 1.18. The van der Waals surface area contributed by atoms with Crippen LogP contribution in [-0.4, -0.2) is 54.4 Å². The van der Waals surface area contributed by atoms with Gasteiger partial charge in [-0.25, -0.2) is 9.47 Å². The van der Waals surface area contributed by atoms with Gasteiger partial charge in [-0.05, 0) is 34.1 Å². The van der Waals surface area contributed by atoms with Gasteiger partial charge < -0.3 is 24.8 Å². The number of rotatable bonds is 4. The first kappa shape index (κ1) is 20.9. The highest BCUT2D eigenvalue weighted by Gasteiger charge is 2.30. The minimum atomic E-state index is -0.841. The number of fused-ring (bicyclic) bond motifs is 1. The Balaban J connectivity index is 1.70. The molecule has 0 radical (unpaired) electrons. The third kappa shape index (κ3) is 3.77. The number of esters is 1. The summed E-state index contributed by atoms with van der Waals surface area (Å²) in [4.78, 5) is 41.7. The maximum atomic E-state index is 12.9. The van der Waals surface area contributed by atoms with Gasteiger partial charge in [0.05, 0.1) is 11.2 Å². The van der Waals surface area contributed by atoms with Crippen molar-refractivity contribution in [2.75, 3.05) is 43.7 Å². The topological polar surface area (TPSA) is 137 Å². The molecule has 1 saturated heterocycles. The highest BCUT2D eigenvalue weighted by molar-refractivity contribution is 9.10. The second kappa shape index (κ2) is 8.44. The van der Waals surface area contributed by atoms with Gasteiger partial charge in [0, 0.05) is 31.6 Å². The van der Waals surface area contributed by atoms with Gasteiger partial charge in [-0.2, -0.15) is 0 Å². The Bertz CT molecular complexity index is 1210. The summed E-state index contributed by atoms with van der Waals surface area (Å²) >= 11 is 3.19. The van der Waals surface area contributed by atoms with Crippen molar-refractivity contribution >= 4 is 44.4 Å². The molecule has 1 aromatic carbocycles. The summed E-state index contributed by atoms with van der Waals surface area (Å²) in [5, 5.41) is 0.628. The second-order valence-electron chi connectivity index (χ2n) is 6.90. The number of anilines is 1. The van der Waals surface area contributed by atoms with Crippen LogP contribution in [0.15, 0.2) is 50.3 Å². The van der Waals surface area contributed by atoms with Crippen molar-refractivity contribution in [1.82, 2.24) is 9.58 Å². The van der Waals surface area contributed by atoms with Gasteiger partial charge in [0.2, 0.25) is 0 Å². The molecular formula is C20H20BrN5O5. The van der Waals surface area contributed by atoms with Gasteiger partial charge in [0.25, 0.3) is 11.5 Å². The number of pyridine rings is 1. The van der Waals surface area contributed by atoms with E-state index >= 15 is 0 Å². The highest BCUT2D eigenvalue weighted by atomic mass is 79.9. The average Bonchev–Trinajstić information content (AvgIpc) is 3.22. The summed E-state index contributed by atoms with van der Waals surface area (Å²) in [6.07, 6.45) is 0. The van der Waals surface area contributed by atoms with Crippen LogP contribution < -0.4 is 22.0 Å². The molecule has 4 rings (SSSR count). The molecule has 1 aliphatic heterocycles. The van der Waals surface area contributed by atoms with Crippen LogP contribution in [0.25, 0.3) is 10.9 Å². The summed E-state index contributed by atoms with van der Waals surface area (Å²) in [5.41, 5.74) is 5.40. The number of hydrogen-bond acceptors (Lipinski definition) is 8. The van der Waals surface area contributed by atoms with Crippen LogP contribution in [0.4, 0.5) is 5.69 Å². The van der Waals surface area contributed by atoms with E-state index in [-0.39, 0.29) is 24.0 Å². The number of carbonyl (C=O) groups is 2. The SMILES string of the molecule is NCOC(=O)c1c(N2CCN(C(=O)c3ccc(Br)o3)CC2)c2ccccc2n(N)c1=O. The molecule has 11 heteroatoms. The van der Waals surface area contributed by atoms with E-state index in [0.717, 1.165) is 4.68 Å². The quantitative estimate of drug-likeness (QED) is 0.315. The smallest absolute Gasteiger partial charge is 0.347 e. The van der Waals surface area contributed by atoms with Gasteiger partial charge in [0.15, 0.2) is 16.0 Å². The van der Waals surface area contributed by atoms with E-state index in [1.54, 1.807) is 41.3 Å². The van der Waals surface area contributed by atoms with Crippen molar-refractivity contribution in [2.45, 2.75) is 0 Å². The molecule has 0 unspecified atom stereocenters. The number of benzene rings is 1. The highest BCUT2D eigenvalue weighted by Crippen LogP contribution is 2.30. The van der Waals surface area contributed by atoms with E-state index in [2.05, 4.69) is 15.9 Å². The Hall–Kier alpha value is -3.31. The van der Waals surface area contributed by atoms with Crippen molar-refractivity contribution in [3.63, 3.8) is 0 Å². The van der Waals surface area contributed by atoms with Gasteiger partial charge in [0.1, 0.15) is 6.73 Å². The van der Waals surface area contributed by atoms with Crippen LogP contribution >= 0.6 is 15.9 Å². The lowest BCUT2D eigenvalue weighted by atomic mass is 10.1. The number of para-hydroxylation sites is 1. The molecule has 0 spiro atoms. The Morgan fingerprint density at radius 1 is 1.10 bits per heavy atom. The van der Waals surface area contributed by atoms with Crippen molar-refractivity contribution in [3.8, 4) is 0 Å². The van der Waals surface area contributed by atoms with Crippen LogP contribution in [0, 0.1) is 0 Å². The number of ether oxygens (including phenoxy) is 1. The molecule has 3 heterocycles. The maximum Gasteiger partial charge on any atom is 0.347 e. The lowest BCUT2D eigenvalue weighted by Gasteiger charge is -2.37. The first-order valence-corrected chi connectivity index (χ1v) is 10.3. The summed E-state index contributed by atoms with van der Waals surface area (Å²) in [7, 11) is 0. The normalized spacial score (nSPS) is 14.1. The number of hydrogen-bond donors (Lipinski definition) is 2. The fraction of sp³-hybridized carbons (Fsp3) is 0.250. The predicted octanol–water partition coefficient (Wildman–Crippen LogP) is 1.11. The van der Waals surface area contributed by atoms with Gasteiger partial charge in [-0.1, -0.05) is 18.2 Å². The van der Waals surface area contributed by atoms with Crippen LogP contribution in [0.2, 0.25) is 0 Å². The molecule has 4 N–H and O–H groups in total. The molecule has 1 amide bonds. The molecule has 0 saturated carbocycles. The lowest BCUT2D eigenvalue weighted by Crippen LogP contribution is -2.50. The standard InChI is InChI=1S/C20H20BrN5O5/c21-15-6-5-14(31-15)18(27)25-9-7-24(8-10-25)17-12-3-1-2-4-13(12)26(23)19(28)16(17)20(29)30-11-22/h1-6H,7-11,22-23H2. The molecule has 0 aliphatic carbocycles. The third-order valence-corrected chi connectivity index (χ3v) is 5.60. The van der Waals surface area contributed by atoms with Crippen molar-refractivity contribution in [2.24, 2.45) is 5.73 Å². The zero-order valence-corrected chi connectivity index (χ0v) is 18.0. The van der Waals surface area contributed by atoms with Crippen molar-refractivity contribution in [1.29, 1.82) is 0 Å². The summed E-state index contributed by atoms with van der Waals surface area (Å²) in [6, 6.07) is 10.3. The summed E-state index contributed by atoms with van der Waals surface area (Å²) < 4.78 is 11.7. The number of nitrogens with zero attached hydrogens (tertiary/aromatic N) is 3. The first-order chi connectivity index (χ1) is 14.9. The number of amides is 1. The largest absolute Gasteiger partial charge is 0.446 e. The van der Waals surface area contributed by atoms with Crippen LogP contribution in [0.5, 0.6) is 0 Å². The Morgan fingerprint density at radius 2 is 1.81 bits per heavy atom. The molecule has 2 aromatic heterocycles. The molecule has 162 valence electrons. The number of nitrogen functional groups attached to an aromatic ring is 1. The molecule has 0 atom stereocenters. The number of carbonyl (C=O) groups excluding carboxylic acids is 2. The van der Waals surface area contributed by atoms with Gasteiger partial charge >= 0.3 is 5.97 Å². The number of halogens is 1. The molecular weight excluding hydrogens is 470 g/mol. The molecule has 3 aromatic rings. The van der Waals surface area contributed by atoms with Crippen LogP contribution in [0.1, 0.15) is 20.9 Å².